The molecule has 186 valence electrons. The van der Waals surface area contributed by atoms with Crippen molar-refractivity contribution in [1.82, 2.24) is 8.87 Å². The summed E-state index contributed by atoms with van der Waals surface area (Å²) in [6.07, 6.45) is 0.933. The summed E-state index contributed by atoms with van der Waals surface area (Å²) in [7, 11) is -3.86. The Morgan fingerprint density at radius 3 is 2.69 bits per heavy atom. The van der Waals surface area contributed by atoms with E-state index < -0.39 is 26.9 Å². The molecule has 2 heterocycles. The lowest BCUT2D eigenvalue weighted by Gasteiger charge is -2.21. The van der Waals surface area contributed by atoms with Gasteiger partial charge in [-0.25, -0.2) is 8.42 Å². The van der Waals surface area contributed by atoms with Gasteiger partial charge < -0.3 is 9.30 Å². The van der Waals surface area contributed by atoms with Crippen LogP contribution in [0, 0.1) is 17.0 Å². The summed E-state index contributed by atoms with van der Waals surface area (Å²) in [5, 5.41) is 11.2. The van der Waals surface area contributed by atoms with E-state index in [9.17, 15) is 23.3 Å². The number of benzene rings is 2. The number of ether oxygens (including phenoxy) is 1. The third-order valence-corrected chi connectivity index (χ3v) is 8.83. The van der Waals surface area contributed by atoms with Gasteiger partial charge in [-0.15, -0.1) is 0 Å². The molecule has 1 atom stereocenters. The molecule has 1 amide bonds. The second-order valence-corrected chi connectivity index (χ2v) is 11.1. The van der Waals surface area contributed by atoms with Gasteiger partial charge in [0.05, 0.1) is 26.6 Å². The zero-order chi connectivity index (χ0) is 25.2. The molecular formula is C23H26N4O6S2. The van der Waals surface area contributed by atoms with E-state index in [1.165, 1.54) is 16.4 Å². The summed E-state index contributed by atoms with van der Waals surface area (Å²) in [6.45, 7) is 5.28. The molecule has 1 aliphatic rings. The molecule has 0 spiro atoms. The van der Waals surface area contributed by atoms with Crippen LogP contribution in [0.4, 0.5) is 5.69 Å². The summed E-state index contributed by atoms with van der Waals surface area (Å²) < 4.78 is 35.6. The van der Waals surface area contributed by atoms with Crippen molar-refractivity contribution in [3.63, 3.8) is 0 Å². The van der Waals surface area contributed by atoms with Crippen molar-refractivity contribution < 1.29 is 22.9 Å². The van der Waals surface area contributed by atoms with Crippen LogP contribution in [-0.2, 0) is 26.1 Å². The number of carbonyl (C=O) groups is 1. The van der Waals surface area contributed by atoms with E-state index in [1.807, 2.05) is 13.8 Å². The van der Waals surface area contributed by atoms with Crippen molar-refractivity contribution in [2.24, 2.45) is 4.99 Å². The van der Waals surface area contributed by atoms with E-state index in [-0.39, 0.29) is 17.1 Å². The van der Waals surface area contributed by atoms with Gasteiger partial charge in [-0.2, -0.15) is 9.30 Å². The fourth-order valence-corrected chi connectivity index (χ4v) is 6.81. The maximum absolute atomic E-state index is 13.3. The molecule has 0 radical (unpaired) electrons. The summed E-state index contributed by atoms with van der Waals surface area (Å²) in [4.78, 5) is 28.8. The monoisotopic (exact) mass is 518 g/mol. The van der Waals surface area contributed by atoms with Crippen LogP contribution in [0.15, 0.2) is 52.4 Å². The number of nitro groups is 1. The number of nitrogens with zero attached hydrogens (tertiary/aromatic N) is 4. The fraction of sp³-hybridized carbons (Fsp3) is 0.391. The lowest BCUT2D eigenvalue weighted by atomic mass is 10.2. The molecule has 0 saturated carbocycles. The molecule has 1 unspecified atom stereocenters. The molecule has 4 rings (SSSR count). The van der Waals surface area contributed by atoms with Crippen molar-refractivity contribution in [1.29, 1.82) is 0 Å². The zero-order valence-electron chi connectivity index (χ0n) is 19.4. The number of aromatic nitrogens is 1. The number of nitro benzene ring substituents is 1. The van der Waals surface area contributed by atoms with Crippen molar-refractivity contribution in [2.45, 2.75) is 44.2 Å². The molecule has 0 N–H and O–H groups in total. The van der Waals surface area contributed by atoms with Gasteiger partial charge in [-0.3, -0.25) is 14.9 Å². The molecule has 1 aromatic heterocycles. The van der Waals surface area contributed by atoms with Crippen LogP contribution in [-0.4, -0.2) is 53.9 Å². The van der Waals surface area contributed by atoms with Crippen LogP contribution >= 0.6 is 11.3 Å². The normalized spacial score (nSPS) is 17.3. The van der Waals surface area contributed by atoms with Crippen LogP contribution < -0.4 is 4.80 Å². The van der Waals surface area contributed by atoms with Crippen molar-refractivity contribution in [3.8, 4) is 0 Å². The molecule has 35 heavy (non-hydrogen) atoms. The van der Waals surface area contributed by atoms with Gasteiger partial charge in [0.15, 0.2) is 4.80 Å². The van der Waals surface area contributed by atoms with E-state index in [1.54, 1.807) is 34.9 Å². The van der Waals surface area contributed by atoms with Gasteiger partial charge in [0, 0.05) is 31.8 Å². The lowest BCUT2D eigenvalue weighted by Crippen LogP contribution is -2.40. The van der Waals surface area contributed by atoms with E-state index in [0.29, 0.717) is 47.6 Å². The van der Waals surface area contributed by atoms with E-state index in [2.05, 4.69) is 4.99 Å². The summed E-state index contributed by atoms with van der Waals surface area (Å²) in [5.74, 6) is -0.551. The third kappa shape index (κ3) is 5.20. The Balaban J connectivity index is 1.71. The Kier molecular flexibility index (Phi) is 7.45. The van der Waals surface area contributed by atoms with Gasteiger partial charge in [-0.05, 0) is 44.9 Å². The summed E-state index contributed by atoms with van der Waals surface area (Å²) in [6, 6.07) is 10.1. The number of non-ortho nitro benzene ring substituents is 1. The van der Waals surface area contributed by atoms with Crippen LogP contribution in [0.3, 0.4) is 0 Å². The quantitative estimate of drug-likeness (QED) is 0.256. The molecule has 2 aromatic carbocycles. The minimum absolute atomic E-state index is 0.0558. The number of sulfonamides is 1. The second kappa shape index (κ2) is 10.4. The van der Waals surface area contributed by atoms with Gasteiger partial charge in [-0.1, -0.05) is 29.0 Å². The topological polar surface area (TPSA) is 124 Å². The molecule has 1 fully saturated rings. The molecule has 0 aliphatic carbocycles. The molecule has 10 nitrogen and oxygen atoms in total. The average Bonchev–Trinajstić information content (AvgIpc) is 3.45. The molecule has 1 saturated heterocycles. The van der Waals surface area contributed by atoms with E-state index >= 15 is 0 Å². The standard InChI is InChI=1S/C23H26N4O6S2/c1-3-33-14-13-25-19-11-8-17(27(29)30)15-21(19)34-23(25)24-22(28)20-5-4-12-26(20)35(31,32)18-9-6-16(2)7-10-18/h6-11,15,20H,3-5,12-14H2,1-2H3. The van der Waals surface area contributed by atoms with E-state index in [4.69, 9.17) is 4.74 Å². The first kappa shape index (κ1) is 25.2. The van der Waals surface area contributed by atoms with Gasteiger partial charge in [0.25, 0.3) is 11.6 Å². The number of fused-ring (bicyclic) bond motifs is 1. The Bertz CT molecular complexity index is 1430. The van der Waals surface area contributed by atoms with E-state index in [0.717, 1.165) is 16.9 Å². The Hall–Kier alpha value is -2.93. The highest BCUT2D eigenvalue weighted by atomic mass is 32.2. The third-order valence-electron chi connectivity index (χ3n) is 5.86. The number of thiazole rings is 1. The summed E-state index contributed by atoms with van der Waals surface area (Å²) >= 11 is 1.15. The molecule has 3 aromatic rings. The predicted molar refractivity (Wildman–Crippen MR) is 132 cm³/mol. The van der Waals surface area contributed by atoms with Crippen LogP contribution in [0.2, 0.25) is 0 Å². The summed E-state index contributed by atoms with van der Waals surface area (Å²) in [5.41, 5.74) is 1.58. The zero-order valence-corrected chi connectivity index (χ0v) is 21.0. The number of hydrogen-bond acceptors (Lipinski definition) is 7. The number of rotatable bonds is 8. The molecule has 1 aliphatic heterocycles. The first-order valence-electron chi connectivity index (χ1n) is 11.2. The van der Waals surface area contributed by atoms with Crippen molar-refractivity contribution in [2.75, 3.05) is 19.8 Å². The Morgan fingerprint density at radius 2 is 2.00 bits per heavy atom. The van der Waals surface area contributed by atoms with Crippen LogP contribution in [0.5, 0.6) is 0 Å². The highest BCUT2D eigenvalue weighted by Gasteiger charge is 2.39. The second-order valence-electron chi connectivity index (χ2n) is 8.18. The predicted octanol–water partition coefficient (Wildman–Crippen LogP) is 3.24. The fourth-order valence-electron chi connectivity index (χ4n) is 4.07. The first-order chi connectivity index (χ1) is 16.7. The van der Waals surface area contributed by atoms with Gasteiger partial charge in [0.1, 0.15) is 6.04 Å². The Labute approximate surface area is 206 Å². The lowest BCUT2D eigenvalue weighted by molar-refractivity contribution is -0.384. The largest absolute Gasteiger partial charge is 0.380 e. The Morgan fingerprint density at radius 1 is 1.26 bits per heavy atom. The van der Waals surface area contributed by atoms with Crippen molar-refractivity contribution in [3.05, 3.63) is 62.9 Å². The molecular weight excluding hydrogens is 492 g/mol. The highest BCUT2D eigenvalue weighted by Crippen LogP contribution is 2.28. The van der Waals surface area contributed by atoms with Crippen LogP contribution in [0.1, 0.15) is 25.3 Å². The van der Waals surface area contributed by atoms with Crippen molar-refractivity contribution >= 4 is 43.2 Å². The van der Waals surface area contributed by atoms with Crippen LogP contribution in [0.25, 0.3) is 10.2 Å². The smallest absolute Gasteiger partial charge is 0.270 e. The molecule has 12 heteroatoms. The SMILES string of the molecule is CCOCCn1c(=NC(=O)C2CCCN2S(=O)(=O)c2ccc(C)cc2)sc2cc([N+](=O)[O-])ccc21. The number of aryl methyl sites for hydroxylation is 1. The average molecular weight is 519 g/mol. The molecule has 0 bridgehead atoms. The first-order valence-corrected chi connectivity index (χ1v) is 13.5. The van der Waals surface area contributed by atoms with Gasteiger partial charge >= 0.3 is 0 Å². The maximum Gasteiger partial charge on any atom is 0.270 e. The highest BCUT2D eigenvalue weighted by molar-refractivity contribution is 7.89. The minimum atomic E-state index is -3.86. The number of hydrogen-bond donors (Lipinski definition) is 0. The minimum Gasteiger partial charge on any atom is -0.380 e. The number of carbonyl (C=O) groups excluding carboxylic acids is 1. The maximum atomic E-state index is 13.3. The number of amides is 1. The van der Waals surface area contributed by atoms with Gasteiger partial charge in [0.2, 0.25) is 10.0 Å².